The number of rotatable bonds is 4. The Hall–Kier alpha value is -2.79. The van der Waals surface area contributed by atoms with E-state index in [-0.39, 0.29) is 5.91 Å². The van der Waals surface area contributed by atoms with Crippen LogP contribution in [0.2, 0.25) is 0 Å². The summed E-state index contributed by atoms with van der Waals surface area (Å²) in [7, 11) is 1.82. The molecular formula is C22H24N2O3. The molecule has 1 aliphatic heterocycles. The van der Waals surface area contributed by atoms with E-state index in [1.807, 2.05) is 50.4 Å². The van der Waals surface area contributed by atoms with Gasteiger partial charge in [-0.25, -0.2) is 0 Å². The molecule has 3 aromatic rings. The van der Waals surface area contributed by atoms with Crippen LogP contribution in [-0.4, -0.2) is 44.2 Å². The number of hydrogen-bond donors (Lipinski definition) is 0. The highest BCUT2D eigenvalue weighted by atomic mass is 16.5. The molecule has 4 rings (SSSR count). The van der Waals surface area contributed by atoms with Gasteiger partial charge in [-0.05, 0) is 24.6 Å². The van der Waals surface area contributed by atoms with Crippen LogP contribution in [0.15, 0.2) is 52.9 Å². The fraction of sp³-hybridized carbons (Fsp3) is 0.318. The quantitative estimate of drug-likeness (QED) is 0.705. The minimum atomic E-state index is -0.0968. The molecule has 1 aliphatic rings. The Morgan fingerprint density at radius 3 is 2.56 bits per heavy atom. The number of aryl methyl sites for hydroxylation is 1. The second-order valence-electron chi connectivity index (χ2n) is 6.94. The lowest BCUT2D eigenvalue weighted by Gasteiger charge is -2.31. The summed E-state index contributed by atoms with van der Waals surface area (Å²) in [6.07, 6.45) is 0. The molecule has 0 N–H and O–H groups in total. The van der Waals surface area contributed by atoms with Gasteiger partial charge in [0.15, 0.2) is 5.76 Å². The van der Waals surface area contributed by atoms with Gasteiger partial charge in [-0.15, -0.1) is 0 Å². The van der Waals surface area contributed by atoms with Gasteiger partial charge in [0.1, 0.15) is 5.58 Å². The van der Waals surface area contributed by atoms with Gasteiger partial charge in [0.2, 0.25) is 0 Å². The average molecular weight is 364 g/mol. The lowest BCUT2D eigenvalue weighted by Crippen LogP contribution is -2.37. The van der Waals surface area contributed by atoms with Crippen molar-refractivity contribution in [3.8, 4) is 0 Å². The predicted octanol–water partition coefficient (Wildman–Crippen LogP) is 3.85. The summed E-state index contributed by atoms with van der Waals surface area (Å²) in [6, 6.07) is 16.0. The second kappa shape index (κ2) is 7.45. The SMILES string of the molecule is Cc1c(C(=O)N(C)Cc2ccccc2N2CCOCC2)oc2ccccc12. The molecule has 27 heavy (non-hydrogen) atoms. The maximum absolute atomic E-state index is 13.0. The number of anilines is 1. The number of hydrogen-bond acceptors (Lipinski definition) is 4. The van der Waals surface area contributed by atoms with E-state index in [4.69, 9.17) is 9.15 Å². The molecule has 1 amide bonds. The van der Waals surface area contributed by atoms with Gasteiger partial charge in [0.25, 0.3) is 5.91 Å². The third-order valence-electron chi connectivity index (χ3n) is 5.14. The van der Waals surface area contributed by atoms with E-state index in [0.717, 1.165) is 48.4 Å². The molecule has 1 saturated heterocycles. The Bertz CT molecular complexity index is 957. The van der Waals surface area contributed by atoms with Crippen molar-refractivity contribution in [3.05, 3.63) is 65.4 Å². The summed E-state index contributed by atoms with van der Waals surface area (Å²) in [5.41, 5.74) is 3.94. The smallest absolute Gasteiger partial charge is 0.289 e. The Labute approximate surface area is 159 Å². The first kappa shape index (κ1) is 17.6. The molecular weight excluding hydrogens is 340 g/mol. The Morgan fingerprint density at radius 2 is 1.78 bits per heavy atom. The normalized spacial score (nSPS) is 14.5. The second-order valence-corrected chi connectivity index (χ2v) is 6.94. The van der Waals surface area contributed by atoms with Gasteiger partial charge in [-0.2, -0.15) is 0 Å². The number of fused-ring (bicyclic) bond motifs is 1. The van der Waals surface area contributed by atoms with Crippen LogP contribution in [0.25, 0.3) is 11.0 Å². The highest BCUT2D eigenvalue weighted by Crippen LogP contribution is 2.27. The minimum absolute atomic E-state index is 0.0968. The first-order valence-electron chi connectivity index (χ1n) is 9.29. The highest BCUT2D eigenvalue weighted by molar-refractivity contribution is 5.98. The van der Waals surface area contributed by atoms with Gasteiger partial charge in [-0.1, -0.05) is 36.4 Å². The number of benzene rings is 2. The molecule has 2 heterocycles. The van der Waals surface area contributed by atoms with Gasteiger partial charge >= 0.3 is 0 Å². The first-order valence-corrected chi connectivity index (χ1v) is 9.29. The molecule has 0 unspecified atom stereocenters. The zero-order valence-corrected chi connectivity index (χ0v) is 15.8. The van der Waals surface area contributed by atoms with E-state index in [0.29, 0.717) is 12.3 Å². The van der Waals surface area contributed by atoms with Gasteiger partial charge < -0.3 is 19.0 Å². The van der Waals surface area contributed by atoms with E-state index in [2.05, 4.69) is 17.0 Å². The summed E-state index contributed by atoms with van der Waals surface area (Å²) < 4.78 is 11.3. The number of morpholine rings is 1. The number of furan rings is 1. The Kier molecular flexibility index (Phi) is 4.86. The predicted molar refractivity (Wildman–Crippen MR) is 106 cm³/mol. The van der Waals surface area contributed by atoms with Crippen LogP contribution in [0.5, 0.6) is 0 Å². The van der Waals surface area contributed by atoms with E-state index >= 15 is 0 Å². The summed E-state index contributed by atoms with van der Waals surface area (Å²) in [5.74, 6) is 0.322. The summed E-state index contributed by atoms with van der Waals surface area (Å²) >= 11 is 0. The van der Waals surface area contributed by atoms with Crippen molar-refractivity contribution in [2.45, 2.75) is 13.5 Å². The van der Waals surface area contributed by atoms with Crippen molar-refractivity contribution in [1.29, 1.82) is 0 Å². The van der Waals surface area contributed by atoms with Crippen molar-refractivity contribution < 1.29 is 13.9 Å². The maximum atomic E-state index is 13.0. The molecule has 5 heteroatoms. The largest absolute Gasteiger partial charge is 0.451 e. The van der Waals surface area contributed by atoms with E-state index in [1.165, 1.54) is 5.69 Å². The molecule has 0 spiro atoms. The molecule has 2 aromatic carbocycles. The van der Waals surface area contributed by atoms with Crippen LogP contribution >= 0.6 is 0 Å². The van der Waals surface area contributed by atoms with Crippen LogP contribution in [0.1, 0.15) is 21.7 Å². The zero-order chi connectivity index (χ0) is 18.8. The van der Waals surface area contributed by atoms with Crippen molar-refractivity contribution in [3.63, 3.8) is 0 Å². The monoisotopic (exact) mass is 364 g/mol. The molecule has 0 aliphatic carbocycles. The van der Waals surface area contributed by atoms with Gasteiger partial charge in [0, 0.05) is 43.3 Å². The molecule has 0 saturated carbocycles. The Morgan fingerprint density at radius 1 is 1.07 bits per heavy atom. The molecule has 1 fully saturated rings. The van der Waals surface area contributed by atoms with Crippen molar-refractivity contribution in [2.75, 3.05) is 38.3 Å². The highest BCUT2D eigenvalue weighted by Gasteiger charge is 2.22. The lowest BCUT2D eigenvalue weighted by molar-refractivity contribution is 0.0754. The van der Waals surface area contributed by atoms with Crippen LogP contribution in [0.4, 0.5) is 5.69 Å². The first-order chi connectivity index (χ1) is 13.1. The molecule has 0 bridgehead atoms. The molecule has 140 valence electrons. The standard InChI is InChI=1S/C22H24N2O3/c1-16-18-8-4-6-10-20(18)27-21(16)22(25)23(2)15-17-7-3-5-9-19(17)24-11-13-26-14-12-24/h3-10H,11-15H2,1-2H3. The van der Waals surface area contributed by atoms with Crippen LogP contribution < -0.4 is 4.90 Å². The zero-order valence-electron chi connectivity index (χ0n) is 15.8. The van der Waals surface area contributed by atoms with Gasteiger partial charge in [-0.3, -0.25) is 4.79 Å². The van der Waals surface area contributed by atoms with Gasteiger partial charge in [0.05, 0.1) is 13.2 Å². The Balaban J connectivity index is 1.57. The number of carbonyl (C=O) groups is 1. The molecule has 0 radical (unpaired) electrons. The third kappa shape index (κ3) is 3.43. The van der Waals surface area contributed by atoms with Crippen LogP contribution in [-0.2, 0) is 11.3 Å². The van der Waals surface area contributed by atoms with E-state index in [1.54, 1.807) is 4.90 Å². The molecule has 5 nitrogen and oxygen atoms in total. The van der Waals surface area contributed by atoms with Crippen molar-refractivity contribution >= 4 is 22.6 Å². The third-order valence-corrected chi connectivity index (χ3v) is 5.14. The average Bonchev–Trinajstić information content (AvgIpc) is 3.05. The number of para-hydroxylation sites is 2. The summed E-state index contributed by atoms with van der Waals surface area (Å²) in [6.45, 7) is 5.69. The molecule has 1 aromatic heterocycles. The van der Waals surface area contributed by atoms with E-state index < -0.39 is 0 Å². The number of carbonyl (C=O) groups excluding carboxylic acids is 1. The lowest BCUT2D eigenvalue weighted by atomic mass is 10.1. The fourth-order valence-electron chi connectivity index (χ4n) is 3.64. The molecule has 0 atom stereocenters. The number of ether oxygens (including phenoxy) is 1. The van der Waals surface area contributed by atoms with Crippen LogP contribution in [0.3, 0.4) is 0 Å². The number of amides is 1. The van der Waals surface area contributed by atoms with Crippen molar-refractivity contribution in [2.24, 2.45) is 0 Å². The van der Waals surface area contributed by atoms with E-state index in [9.17, 15) is 4.79 Å². The van der Waals surface area contributed by atoms with Crippen molar-refractivity contribution in [1.82, 2.24) is 4.90 Å². The number of nitrogens with zero attached hydrogens (tertiary/aromatic N) is 2. The summed E-state index contributed by atoms with van der Waals surface area (Å²) in [4.78, 5) is 17.1. The maximum Gasteiger partial charge on any atom is 0.289 e. The fourth-order valence-corrected chi connectivity index (χ4v) is 3.64. The minimum Gasteiger partial charge on any atom is -0.451 e. The summed E-state index contributed by atoms with van der Waals surface area (Å²) in [5, 5.41) is 0.989. The topological polar surface area (TPSA) is 45.9 Å². The van der Waals surface area contributed by atoms with Crippen LogP contribution in [0, 0.1) is 6.92 Å².